The van der Waals surface area contributed by atoms with E-state index in [0.717, 1.165) is 21.3 Å². The normalized spacial score (nSPS) is 17.6. The molecule has 3 heterocycles. The number of likely N-dealkylation sites (tertiary alicyclic amines) is 1. The van der Waals surface area contributed by atoms with E-state index in [1.54, 1.807) is 6.07 Å². The topological polar surface area (TPSA) is 76.5 Å². The number of benzene rings is 2. The summed E-state index contributed by atoms with van der Waals surface area (Å²) in [5.41, 5.74) is 2.20. The van der Waals surface area contributed by atoms with Crippen LogP contribution in [0.4, 0.5) is 0 Å². The number of rotatable bonds is 1. The molecule has 8 heteroatoms. The Morgan fingerprint density at radius 2 is 1.97 bits per heavy atom. The number of aromatic nitrogens is 2. The van der Waals surface area contributed by atoms with Gasteiger partial charge in [0.25, 0.3) is 11.8 Å². The first kappa shape index (κ1) is 19.1. The van der Waals surface area contributed by atoms with Crippen molar-refractivity contribution in [1.29, 1.82) is 0 Å². The standard InChI is InChI=1S/C22H21BrN4O3/c1-13-24-17-11-14(3-5-18(17)26(13)2)21(29)27-9-7-22(8-10-27)25-20(28)16-12-15(23)4-6-19(16)30-22/h3-6,11-12H,7-10H2,1-2H3,(H,25,28). The number of imidazole rings is 1. The minimum absolute atomic E-state index is 0.0264. The summed E-state index contributed by atoms with van der Waals surface area (Å²) < 4.78 is 9.03. The number of halogens is 1. The molecule has 3 aromatic rings. The Labute approximate surface area is 182 Å². The number of piperidine rings is 1. The summed E-state index contributed by atoms with van der Waals surface area (Å²) in [6.45, 7) is 2.95. The van der Waals surface area contributed by atoms with Crippen molar-refractivity contribution in [3.8, 4) is 5.75 Å². The minimum Gasteiger partial charge on any atom is -0.467 e. The fraction of sp³-hybridized carbons (Fsp3) is 0.318. The van der Waals surface area contributed by atoms with Crippen molar-refractivity contribution in [2.45, 2.75) is 25.5 Å². The van der Waals surface area contributed by atoms with Crippen LogP contribution in [0.2, 0.25) is 0 Å². The molecule has 2 aromatic carbocycles. The zero-order valence-corrected chi connectivity index (χ0v) is 18.3. The molecule has 0 aliphatic carbocycles. The highest BCUT2D eigenvalue weighted by molar-refractivity contribution is 9.10. The van der Waals surface area contributed by atoms with Gasteiger partial charge >= 0.3 is 0 Å². The van der Waals surface area contributed by atoms with Crippen molar-refractivity contribution in [2.75, 3.05) is 13.1 Å². The molecule has 0 saturated carbocycles. The fourth-order valence-corrected chi connectivity index (χ4v) is 4.57. The predicted molar refractivity (Wildman–Crippen MR) is 116 cm³/mol. The number of nitrogens with zero attached hydrogens (tertiary/aromatic N) is 3. The van der Waals surface area contributed by atoms with Crippen molar-refractivity contribution >= 4 is 38.8 Å². The van der Waals surface area contributed by atoms with E-state index in [-0.39, 0.29) is 11.8 Å². The third kappa shape index (κ3) is 3.06. The first-order chi connectivity index (χ1) is 14.3. The Bertz CT molecular complexity index is 1190. The maximum Gasteiger partial charge on any atom is 0.258 e. The summed E-state index contributed by atoms with van der Waals surface area (Å²) in [7, 11) is 1.96. The summed E-state index contributed by atoms with van der Waals surface area (Å²) in [5.74, 6) is 1.32. The highest BCUT2D eigenvalue weighted by atomic mass is 79.9. The maximum absolute atomic E-state index is 13.1. The van der Waals surface area contributed by atoms with E-state index in [4.69, 9.17) is 4.74 Å². The Morgan fingerprint density at radius 3 is 2.73 bits per heavy atom. The van der Waals surface area contributed by atoms with E-state index in [1.807, 2.05) is 53.8 Å². The lowest BCUT2D eigenvalue weighted by atomic mass is 9.96. The largest absolute Gasteiger partial charge is 0.467 e. The van der Waals surface area contributed by atoms with Crippen LogP contribution in [-0.4, -0.2) is 45.1 Å². The van der Waals surface area contributed by atoms with Gasteiger partial charge in [-0.25, -0.2) is 4.98 Å². The van der Waals surface area contributed by atoms with Crippen LogP contribution in [0.3, 0.4) is 0 Å². The second-order valence-corrected chi connectivity index (χ2v) is 8.82. The lowest BCUT2D eigenvalue weighted by molar-refractivity contribution is -0.0245. The Hall–Kier alpha value is -2.87. The van der Waals surface area contributed by atoms with Crippen LogP contribution < -0.4 is 10.1 Å². The number of ether oxygens (including phenoxy) is 1. The lowest BCUT2D eigenvalue weighted by Crippen LogP contribution is -2.61. The summed E-state index contributed by atoms with van der Waals surface area (Å²) in [6, 6.07) is 11.1. The molecule has 0 radical (unpaired) electrons. The maximum atomic E-state index is 13.1. The zero-order chi connectivity index (χ0) is 21.0. The molecule has 2 aliphatic heterocycles. The monoisotopic (exact) mass is 468 g/mol. The van der Waals surface area contributed by atoms with E-state index in [1.165, 1.54) is 0 Å². The van der Waals surface area contributed by atoms with Gasteiger partial charge in [0.1, 0.15) is 11.6 Å². The summed E-state index contributed by atoms with van der Waals surface area (Å²) in [5, 5.41) is 3.01. The van der Waals surface area contributed by atoms with Gasteiger partial charge < -0.3 is 19.5 Å². The molecule has 1 spiro atoms. The van der Waals surface area contributed by atoms with E-state index >= 15 is 0 Å². The van der Waals surface area contributed by atoms with Gasteiger partial charge in [-0.1, -0.05) is 15.9 Å². The number of nitrogens with one attached hydrogen (secondary N) is 1. The first-order valence-corrected chi connectivity index (χ1v) is 10.7. The van der Waals surface area contributed by atoms with Crippen molar-refractivity contribution < 1.29 is 14.3 Å². The smallest absolute Gasteiger partial charge is 0.258 e. The van der Waals surface area contributed by atoms with Gasteiger partial charge in [0.15, 0.2) is 5.72 Å². The van der Waals surface area contributed by atoms with Crippen molar-refractivity contribution in [3.63, 3.8) is 0 Å². The number of aryl methyl sites for hydroxylation is 2. The minimum atomic E-state index is -0.767. The second kappa shape index (κ2) is 6.84. The van der Waals surface area contributed by atoms with Crippen molar-refractivity contribution in [3.05, 3.63) is 57.8 Å². The lowest BCUT2D eigenvalue weighted by Gasteiger charge is -2.44. The average Bonchev–Trinajstić information content (AvgIpc) is 3.02. The third-order valence-electron chi connectivity index (χ3n) is 6.04. The summed E-state index contributed by atoms with van der Waals surface area (Å²) in [4.78, 5) is 32.0. The fourth-order valence-electron chi connectivity index (χ4n) is 4.21. The quantitative estimate of drug-likeness (QED) is 0.593. The molecule has 30 heavy (non-hydrogen) atoms. The van der Waals surface area contributed by atoms with Gasteiger partial charge in [-0.2, -0.15) is 0 Å². The molecule has 0 unspecified atom stereocenters. The van der Waals surface area contributed by atoms with Gasteiger partial charge in [0.2, 0.25) is 0 Å². The van der Waals surface area contributed by atoms with Crippen LogP contribution in [0, 0.1) is 6.92 Å². The van der Waals surface area contributed by atoms with Crippen LogP contribution in [0.5, 0.6) is 5.75 Å². The molecule has 154 valence electrons. The highest BCUT2D eigenvalue weighted by Crippen LogP contribution is 2.35. The van der Waals surface area contributed by atoms with E-state index in [9.17, 15) is 9.59 Å². The number of hydrogen-bond donors (Lipinski definition) is 1. The summed E-state index contributed by atoms with van der Waals surface area (Å²) in [6.07, 6.45) is 1.07. The zero-order valence-electron chi connectivity index (χ0n) is 16.7. The molecule has 2 aliphatic rings. The Morgan fingerprint density at radius 1 is 1.20 bits per heavy atom. The van der Waals surface area contributed by atoms with Gasteiger partial charge in [-0.05, 0) is 43.3 Å². The molecule has 1 N–H and O–H groups in total. The van der Waals surface area contributed by atoms with Crippen molar-refractivity contribution in [1.82, 2.24) is 19.8 Å². The number of carbonyl (C=O) groups is 2. The molecular formula is C22H21BrN4O3. The van der Waals surface area contributed by atoms with Crippen molar-refractivity contribution in [2.24, 2.45) is 7.05 Å². The van der Waals surface area contributed by atoms with Crippen LogP contribution in [0.25, 0.3) is 11.0 Å². The van der Waals surface area contributed by atoms with E-state index < -0.39 is 5.72 Å². The molecule has 1 saturated heterocycles. The molecule has 0 bridgehead atoms. The van der Waals surface area contributed by atoms with Crippen LogP contribution in [0.1, 0.15) is 39.4 Å². The molecule has 1 aromatic heterocycles. The summed E-state index contributed by atoms with van der Waals surface area (Å²) >= 11 is 3.39. The Kier molecular flexibility index (Phi) is 4.36. The van der Waals surface area contributed by atoms with Crippen LogP contribution >= 0.6 is 15.9 Å². The highest BCUT2D eigenvalue weighted by Gasteiger charge is 2.43. The van der Waals surface area contributed by atoms with Gasteiger partial charge in [0, 0.05) is 43.0 Å². The second-order valence-electron chi connectivity index (χ2n) is 7.90. The molecule has 0 atom stereocenters. The van der Waals surface area contributed by atoms with Gasteiger partial charge in [-0.3, -0.25) is 9.59 Å². The van der Waals surface area contributed by atoms with E-state index in [0.29, 0.717) is 42.8 Å². The predicted octanol–water partition coefficient (Wildman–Crippen LogP) is 3.40. The number of amides is 2. The molecule has 7 nitrogen and oxygen atoms in total. The molecular weight excluding hydrogens is 448 g/mol. The average molecular weight is 469 g/mol. The van der Waals surface area contributed by atoms with Gasteiger partial charge in [-0.15, -0.1) is 0 Å². The number of fused-ring (bicyclic) bond motifs is 2. The SMILES string of the molecule is Cc1nc2cc(C(=O)N3CCC4(CC3)NC(=O)c3cc(Br)ccc3O4)ccc2n1C. The van der Waals surface area contributed by atoms with Crippen LogP contribution in [0.15, 0.2) is 40.9 Å². The first-order valence-electron chi connectivity index (χ1n) is 9.89. The van der Waals surface area contributed by atoms with Crippen LogP contribution in [-0.2, 0) is 7.05 Å². The molecule has 2 amide bonds. The third-order valence-corrected chi connectivity index (χ3v) is 6.54. The molecule has 1 fully saturated rings. The molecule has 5 rings (SSSR count). The Balaban J connectivity index is 1.33. The number of hydrogen-bond acceptors (Lipinski definition) is 4. The number of carbonyl (C=O) groups excluding carboxylic acids is 2. The van der Waals surface area contributed by atoms with E-state index in [2.05, 4.69) is 26.2 Å². The van der Waals surface area contributed by atoms with Gasteiger partial charge in [0.05, 0.1) is 16.6 Å².